The van der Waals surface area contributed by atoms with Crippen molar-refractivity contribution >= 4 is 0 Å². The Morgan fingerprint density at radius 3 is 2.50 bits per heavy atom. The van der Waals surface area contributed by atoms with E-state index < -0.39 is 0 Å². The highest BCUT2D eigenvalue weighted by atomic mass is 16.5. The zero-order chi connectivity index (χ0) is 13.8. The summed E-state index contributed by atoms with van der Waals surface area (Å²) in [5.74, 6) is 1.38. The molecule has 104 valence electrons. The Labute approximate surface area is 109 Å². The van der Waals surface area contributed by atoms with Crippen molar-refractivity contribution in [1.29, 1.82) is 0 Å². The summed E-state index contributed by atoms with van der Waals surface area (Å²) in [6.07, 6.45) is 1.84. The predicted molar refractivity (Wildman–Crippen MR) is 70.2 cm³/mol. The minimum atomic E-state index is -0.171. The van der Waals surface area contributed by atoms with Crippen molar-refractivity contribution in [2.75, 3.05) is 13.7 Å². The van der Waals surface area contributed by atoms with Crippen LogP contribution in [0.4, 0.5) is 0 Å². The number of ether oxygens (including phenoxy) is 1. The lowest BCUT2D eigenvalue weighted by atomic mass is 9.88. The summed E-state index contributed by atoms with van der Waals surface area (Å²) >= 11 is 0. The molecule has 1 aromatic rings. The van der Waals surface area contributed by atoms with Gasteiger partial charge in [0.05, 0.1) is 5.92 Å². The second kappa shape index (κ2) is 6.29. The van der Waals surface area contributed by atoms with Gasteiger partial charge in [-0.2, -0.15) is 4.98 Å². The molecule has 5 nitrogen and oxygen atoms in total. The lowest BCUT2D eigenvalue weighted by Gasteiger charge is -2.26. The Morgan fingerprint density at radius 1 is 1.39 bits per heavy atom. The maximum absolute atomic E-state index is 5.74. The van der Waals surface area contributed by atoms with Crippen LogP contribution in [0.3, 0.4) is 0 Å². The van der Waals surface area contributed by atoms with E-state index in [9.17, 15) is 0 Å². The Kier molecular flexibility index (Phi) is 5.28. The highest BCUT2D eigenvalue weighted by Gasteiger charge is 2.31. The Morgan fingerprint density at radius 2 is 2.06 bits per heavy atom. The number of methoxy groups -OCH3 is 1. The molecule has 1 heterocycles. The minimum Gasteiger partial charge on any atom is -0.373 e. The van der Waals surface area contributed by atoms with Gasteiger partial charge in [0.25, 0.3) is 0 Å². The second-order valence-corrected chi connectivity index (χ2v) is 5.69. The molecule has 0 saturated heterocycles. The topological polar surface area (TPSA) is 74.2 Å². The molecular formula is C13H25N3O2. The minimum absolute atomic E-state index is 0.0706. The standard InChI is InChI=1S/C13H25N3O2/c1-6-7-9(8-14)12-15-11(16-18-12)10(17-5)13(2,3)4/h9-10H,6-8,14H2,1-5H3. The molecule has 2 N–H and O–H groups in total. The van der Waals surface area contributed by atoms with Gasteiger partial charge in [0.1, 0.15) is 6.10 Å². The van der Waals surface area contributed by atoms with Gasteiger partial charge in [0.15, 0.2) is 0 Å². The van der Waals surface area contributed by atoms with Crippen LogP contribution < -0.4 is 5.73 Å². The van der Waals surface area contributed by atoms with Crippen LogP contribution >= 0.6 is 0 Å². The molecule has 0 fully saturated rings. The van der Waals surface area contributed by atoms with Crippen LogP contribution in [-0.4, -0.2) is 23.8 Å². The zero-order valence-electron chi connectivity index (χ0n) is 12.1. The number of rotatable bonds is 6. The largest absolute Gasteiger partial charge is 0.373 e. The molecule has 18 heavy (non-hydrogen) atoms. The van der Waals surface area contributed by atoms with Gasteiger partial charge >= 0.3 is 0 Å². The van der Waals surface area contributed by atoms with Gasteiger partial charge < -0.3 is 15.0 Å². The summed E-state index contributed by atoms with van der Waals surface area (Å²) < 4.78 is 10.8. The first-order chi connectivity index (χ1) is 8.43. The van der Waals surface area contributed by atoms with E-state index in [1.54, 1.807) is 7.11 Å². The van der Waals surface area contributed by atoms with Crippen molar-refractivity contribution in [2.45, 2.75) is 52.6 Å². The molecule has 0 aliphatic heterocycles. The van der Waals surface area contributed by atoms with Crippen molar-refractivity contribution in [3.05, 3.63) is 11.7 Å². The molecular weight excluding hydrogens is 230 g/mol. The van der Waals surface area contributed by atoms with E-state index in [1.165, 1.54) is 0 Å². The number of nitrogens with zero attached hydrogens (tertiary/aromatic N) is 2. The molecule has 0 bridgehead atoms. The van der Waals surface area contributed by atoms with E-state index in [2.05, 4.69) is 37.8 Å². The molecule has 0 aromatic carbocycles. The quantitative estimate of drug-likeness (QED) is 0.845. The fourth-order valence-electron chi connectivity index (χ4n) is 2.06. The first kappa shape index (κ1) is 15.1. The Hall–Kier alpha value is -0.940. The number of hydrogen-bond acceptors (Lipinski definition) is 5. The highest BCUT2D eigenvalue weighted by Crippen LogP contribution is 2.34. The molecule has 2 atom stereocenters. The molecule has 2 unspecified atom stereocenters. The van der Waals surface area contributed by atoms with Gasteiger partial charge in [-0.15, -0.1) is 0 Å². The maximum Gasteiger partial charge on any atom is 0.231 e. The van der Waals surface area contributed by atoms with Crippen LogP contribution in [0.25, 0.3) is 0 Å². The summed E-state index contributed by atoms with van der Waals surface area (Å²) in [5, 5.41) is 4.04. The zero-order valence-corrected chi connectivity index (χ0v) is 12.1. The van der Waals surface area contributed by atoms with Crippen molar-refractivity contribution in [2.24, 2.45) is 11.1 Å². The lowest BCUT2D eigenvalue weighted by molar-refractivity contribution is 0.00718. The smallest absolute Gasteiger partial charge is 0.231 e. The van der Waals surface area contributed by atoms with E-state index in [-0.39, 0.29) is 17.4 Å². The van der Waals surface area contributed by atoms with Crippen molar-refractivity contribution in [3.63, 3.8) is 0 Å². The fourth-order valence-corrected chi connectivity index (χ4v) is 2.06. The Balaban J connectivity index is 2.90. The number of aromatic nitrogens is 2. The summed E-state index contributed by atoms with van der Waals surface area (Å²) in [7, 11) is 1.67. The predicted octanol–water partition coefficient (Wildman–Crippen LogP) is 2.65. The van der Waals surface area contributed by atoms with Crippen LogP contribution in [0.1, 0.15) is 64.3 Å². The van der Waals surface area contributed by atoms with Crippen LogP contribution in [-0.2, 0) is 4.74 Å². The van der Waals surface area contributed by atoms with Gasteiger partial charge in [0, 0.05) is 13.7 Å². The first-order valence-electron chi connectivity index (χ1n) is 6.50. The van der Waals surface area contributed by atoms with E-state index in [0.29, 0.717) is 18.3 Å². The number of hydrogen-bond donors (Lipinski definition) is 1. The molecule has 5 heteroatoms. The average molecular weight is 255 g/mol. The van der Waals surface area contributed by atoms with E-state index >= 15 is 0 Å². The van der Waals surface area contributed by atoms with Gasteiger partial charge in [-0.05, 0) is 11.8 Å². The molecule has 0 radical (unpaired) electrons. The van der Waals surface area contributed by atoms with Crippen LogP contribution in [0.15, 0.2) is 4.52 Å². The third-order valence-corrected chi connectivity index (χ3v) is 2.99. The third kappa shape index (κ3) is 3.53. The molecule has 0 aliphatic carbocycles. The molecule has 0 spiro atoms. The van der Waals surface area contributed by atoms with Crippen LogP contribution in [0.5, 0.6) is 0 Å². The normalized spacial score (nSPS) is 15.7. The van der Waals surface area contributed by atoms with Crippen molar-refractivity contribution in [1.82, 2.24) is 10.1 Å². The molecule has 1 aromatic heterocycles. The highest BCUT2D eigenvalue weighted by molar-refractivity contribution is 5.00. The molecule has 1 rings (SSSR count). The lowest BCUT2D eigenvalue weighted by Crippen LogP contribution is -2.21. The van der Waals surface area contributed by atoms with Crippen LogP contribution in [0, 0.1) is 5.41 Å². The SMILES string of the molecule is CCCC(CN)c1nc(C(OC)C(C)(C)C)no1. The molecule has 0 amide bonds. The van der Waals surface area contributed by atoms with Gasteiger partial charge in [-0.1, -0.05) is 39.3 Å². The van der Waals surface area contributed by atoms with Gasteiger partial charge in [-0.25, -0.2) is 0 Å². The maximum atomic E-state index is 5.74. The third-order valence-electron chi connectivity index (χ3n) is 2.99. The van der Waals surface area contributed by atoms with E-state index in [1.807, 2.05) is 0 Å². The first-order valence-corrected chi connectivity index (χ1v) is 6.50. The average Bonchev–Trinajstić information content (AvgIpc) is 2.74. The van der Waals surface area contributed by atoms with E-state index in [4.69, 9.17) is 15.0 Å². The van der Waals surface area contributed by atoms with Gasteiger partial charge in [-0.3, -0.25) is 0 Å². The monoisotopic (exact) mass is 255 g/mol. The molecule has 0 saturated carbocycles. The summed E-state index contributed by atoms with van der Waals surface area (Å²) in [5.41, 5.74) is 5.66. The second-order valence-electron chi connectivity index (χ2n) is 5.69. The molecule has 0 aliphatic rings. The van der Waals surface area contributed by atoms with Gasteiger partial charge in [0.2, 0.25) is 11.7 Å². The summed E-state index contributed by atoms with van der Waals surface area (Å²) in [6.45, 7) is 8.91. The fraction of sp³-hybridized carbons (Fsp3) is 0.846. The summed E-state index contributed by atoms with van der Waals surface area (Å²) in [4.78, 5) is 4.45. The van der Waals surface area contributed by atoms with Crippen molar-refractivity contribution < 1.29 is 9.26 Å². The summed E-state index contributed by atoms with van der Waals surface area (Å²) in [6, 6.07) is 0. The van der Waals surface area contributed by atoms with Crippen molar-refractivity contribution in [3.8, 4) is 0 Å². The Bertz CT molecular complexity index is 357. The van der Waals surface area contributed by atoms with Crippen LogP contribution in [0.2, 0.25) is 0 Å². The number of nitrogens with two attached hydrogens (primary N) is 1. The van der Waals surface area contributed by atoms with E-state index in [0.717, 1.165) is 12.8 Å².